The van der Waals surface area contributed by atoms with Crippen molar-refractivity contribution in [3.05, 3.63) is 35.4 Å². The maximum absolute atomic E-state index is 12.6. The fraction of sp³-hybridized carbons (Fsp3) is 0.300. The molecule has 0 amide bonds. The maximum Gasteiger partial charge on any atom is 0.213 e. The first-order valence-electron chi connectivity index (χ1n) is 4.02. The van der Waals surface area contributed by atoms with Crippen LogP contribution in [0.4, 0.5) is 4.39 Å². The summed E-state index contributed by atoms with van der Waals surface area (Å²) in [5.74, 6) is -0.420. The fourth-order valence-electron chi connectivity index (χ4n) is 0.937. The Hall–Kier alpha value is -1.18. The van der Waals surface area contributed by atoms with Gasteiger partial charge in [-0.25, -0.2) is 4.98 Å². The number of aryl methyl sites for hydroxylation is 1. The zero-order valence-corrected chi connectivity index (χ0v) is 7.34. The quantitative estimate of drug-likeness (QED) is 0.614. The van der Waals surface area contributed by atoms with Crippen LogP contribution < -0.4 is 0 Å². The predicted molar refractivity (Wildman–Crippen MR) is 48.3 cm³/mol. The average Bonchev–Trinajstić information content (AvgIpc) is 2.07. The Kier molecular flexibility index (Phi) is 2.97. The first-order chi connectivity index (χ1) is 5.74. The van der Waals surface area contributed by atoms with Gasteiger partial charge in [-0.05, 0) is 24.5 Å². The molecule has 1 nitrogen and oxygen atoms in total. The molecule has 0 aliphatic carbocycles. The summed E-state index contributed by atoms with van der Waals surface area (Å²) in [5, 5.41) is 0. The van der Waals surface area contributed by atoms with Crippen LogP contribution in [0.3, 0.4) is 0 Å². The Bertz CT molecular complexity index is 292. The molecule has 0 saturated heterocycles. The number of hydrogen-bond acceptors (Lipinski definition) is 1. The normalized spacial score (nSPS) is 10.9. The third-order valence-electron chi connectivity index (χ3n) is 1.64. The number of allylic oxidation sites excluding steroid dienone is 1. The zero-order valence-electron chi connectivity index (χ0n) is 7.34. The molecule has 0 N–H and O–H groups in total. The van der Waals surface area contributed by atoms with Gasteiger partial charge in [0.2, 0.25) is 5.95 Å². The minimum atomic E-state index is -0.420. The summed E-state index contributed by atoms with van der Waals surface area (Å²) in [6, 6.07) is 1.45. The summed E-state index contributed by atoms with van der Waals surface area (Å²) in [6.45, 7) is 3.96. The Morgan fingerprint density at radius 3 is 3.00 bits per heavy atom. The molecule has 0 spiro atoms. The van der Waals surface area contributed by atoms with E-state index in [1.54, 1.807) is 6.20 Å². The highest BCUT2D eigenvalue weighted by Gasteiger charge is 1.96. The smallest absolute Gasteiger partial charge is 0.213 e. The molecule has 0 radical (unpaired) electrons. The summed E-state index contributed by atoms with van der Waals surface area (Å²) in [5.41, 5.74) is 1.91. The Morgan fingerprint density at radius 2 is 2.33 bits per heavy atom. The van der Waals surface area contributed by atoms with Crippen LogP contribution in [0.2, 0.25) is 0 Å². The van der Waals surface area contributed by atoms with E-state index in [2.05, 4.69) is 4.98 Å². The second kappa shape index (κ2) is 4.00. The largest absolute Gasteiger partial charge is 0.228 e. The zero-order chi connectivity index (χ0) is 8.97. The van der Waals surface area contributed by atoms with E-state index in [0.717, 1.165) is 17.5 Å². The van der Waals surface area contributed by atoms with Gasteiger partial charge < -0.3 is 0 Å². The molecule has 1 heterocycles. The molecule has 0 saturated carbocycles. The Balaban J connectivity index is 2.97. The van der Waals surface area contributed by atoms with Gasteiger partial charge in [0, 0.05) is 12.3 Å². The third kappa shape index (κ3) is 2.16. The summed E-state index contributed by atoms with van der Waals surface area (Å²) in [4.78, 5) is 3.55. The summed E-state index contributed by atoms with van der Waals surface area (Å²) >= 11 is 0. The lowest BCUT2D eigenvalue weighted by Crippen LogP contribution is -1.87. The Labute approximate surface area is 72.0 Å². The van der Waals surface area contributed by atoms with Crippen molar-refractivity contribution in [3.8, 4) is 0 Å². The van der Waals surface area contributed by atoms with Crippen LogP contribution in [0.1, 0.15) is 24.5 Å². The third-order valence-corrected chi connectivity index (χ3v) is 1.64. The van der Waals surface area contributed by atoms with Gasteiger partial charge in [0.05, 0.1) is 0 Å². The average molecular weight is 165 g/mol. The molecule has 0 unspecified atom stereocenters. The molecule has 0 aliphatic rings. The second-order valence-electron chi connectivity index (χ2n) is 2.67. The van der Waals surface area contributed by atoms with E-state index in [9.17, 15) is 4.39 Å². The van der Waals surface area contributed by atoms with Crippen LogP contribution in [0.15, 0.2) is 18.3 Å². The van der Waals surface area contributed by atoms with Crippen LogP contribution in [0.5, 0.6) is 0 Å². The molecule has 1 rings (SSSR count). The molecule has 1 aromatic rings. The topological polar surface area (TPSA) is 12.9 Å². The van der Waals surface area contributed by atoms with Gasteiger partial charge in [0.1, 0.15) is 0 Å². The molecular formula is C10H12FN. The van der Waals surface area contributed by atoms with E-state index in [-0.39, 0.29) is 0 Å². The van der Waals surface area contributed by atoms with Crippen LogP contribution in [0.25, 0.3) is 6.08 Å². The van der Waals surface area contributed by atoms with Crippen molar-refractivity contribution in [2.75, 3.05) is 0 Å². The molecule has 2 heteroatoms. The van der Waals surface area contributed by atoms with Crippen molar-refractivity contribution in [1.29, 1.82) is 0 Å². The number of hydrogen-bond donors (Lipinski definition) is 0. The lowest BCUT2D eigenvalue weighted by molar-refractivity contribution is 0.582. The molecule has 0 bridgehead atoms. The van der Waals surface area contributed by atoms with E-state index in [0.29, 0.717) is 0 Å². The van der Waals surface area contributed by atoms with Crippen molar-refractivity contribution in [2.24, 2.45) is 0 Å². The summed E-state index contributed by atoms with van der Waals surface area (Å²) in [7, 11) is 0. The van der Waals surface area contributed by atoms with Crippen molar-refractivity contribution in [2.45, 2.75) is 20.3 Å². The first kappa shape index (κ1) is 8.91. The highest BCUT2D eigenvalue weighted by atomic mass is 19.1. The highest BCUT2D eigenvalue weighted by molar-refractivity contribution is 5.52. The molecule has 12 heavy (non-hydrogen) atoms. The van der Waals surface area contributed by atoms with Gasteiger partial charge >= 0.3 is 0 Å². The van der Waals surface area contributed by atoms with Gasteiger partial charge in [-0.15, -0.1) is 0 Å². The van der Waals surface area contributed by atoms with Crippen LogP contribution in [-0.2, 0) is 0 Å². The second-order valence-corrected chi connectivity index (χ2v) is 2.67. The monoisotopic (exact) mass is 165 g/mol. The molecule has 64 valence electrons. The Morgan fingerprint density at radius 1 is 1.58 bits per heavy atom. The van der Waals surface area contributed by atoms with E-state index in [4.69, 9.17) is 0 Å². The van der Waals surface area contributed by atoms with E-state index < -0.39 is 5.95 Å². The van der Waals surface area contributed by atoms with Crippen molar-refractivity contribution >= 4 is 6.08 Å². The van der Waals surface area contributed by atoms with Gasteiger partial charge in [-0.2, -0.15) is 4.39 Å². The minimum absolute atomic E-state index is 0.420. The van der Waals surface area contributed by atoms with Crippen LogP contribution >= 0.6 is 0 Å². The van der Waals surface area contributed by atoms with Gasteiger partial charge in [-0.1, -0.05) is 19.1 Å². The van der Waals surface area contributed by atoms with E-state index >= 15 is 0 Å². The summed E-state index contributed by atoms with van der Waals surface area (Å²) < 4.78 is 12.6. The molecule has 1 aromatic heterocycles. The fourth-order valence-corrected chi connectivity index (χ4v) is 0.937. The first-order valence-corrected chi connectivity index (χ1v) is 4.02. The van der Waals surface area contributed by atoms with Gasteiger partial charge in [0.15, 0.2) is 0 Å². The number of nitrogens with zero attached hydrogens (tertiary/aromatic N) is 1. The molecule has 0 fully saturated rings. The van der Waals surface area contributed by atoms with Gasteiger partial charge in [0.25, 0.3) is 0 Å². The van der Waals surface area contributed by atoms with Crippen LogP contribution in [-0.4, -0.2) is 4.98 Å². The number of pyridine rings is 1. The SMILES string of the molecule is CC/C=C\c1cc(F)ncc1C. The number of rotatable bonds is 2. The summed E-state index contributed by atoms with van der Waals surface area (Å²) in [6.07, 6.45) is 6.43. The van der Waals surface area contributed by atoms with E-state index in [1.807, 2.05) is 26.0 Å². The molecule has 0 aliphatic heterocycles. The standard InChI is InChI=1S/C10H12FN/c1-3-4-5-9-6-10(11)12-7-8(9)2/h4-7H,3H2,1-2H3/b5-4-. The highest BCUT2D eigenvalue weighted by Crippen LogP contribution is 2.09. The van der Waals surface area contributed by atoms with Crippen LogP contribution in [0, 0.1) is 12.9 Å². The molecular weight excluding hydrogens is 153 g/mol. The van der Waals surface area contributed by atoms with Crippen molar-refractivity contribution in [3.63, 3.8) is 0 Å². The number of halogens is 1. The lowest BCUT2D eigenvalue weighted by atomic mass is 10.1. The number of aromatic nitrogens is 1. The molecule has 0 atom stereocenters. The lowest BCUT2D eigenvalue weighted by Gasteiger charge is -1.98. The van der Waals surface area contributed by atoms with Crippen molar-refractivity contribution < 1.29 is 4.39 Å². The predicted octanol–water partition coefficient (Wildman–Crippen LogP) is 2.95. The minimum Gasteiger partial charge on any atom is -0.228 e. The van der Waals surface area contributed by atoms with Crippen molar-refractivity contribution in [1.82, 2.24) is 4.98 Å². The molecule has 0 aromatic carbocycles. The van der Waals surface area contributed by atoms with E-state index in [1.165, 1.54) is 6.07 Å². The van der Waals surface area contributed by atoms with Gasteiger partial charge in [-0.3, -0.25) is 0 Å². The maximum atomic E-state index is 12.6.